The number of methoxy groups -OCH3 is 2. The first-order valence-corrected chi connectivity index (χ1v) is 10.5. The van der Waals surface area contributed by atoms with Gasteiger partial charge in [-0.15, -0.1) is 17.9 Å². The Morgan fingerprint density at radius 1 is 1.27 bits per heavy atom. The van der Waals surface area contributed by atoms with E-state index in [0.717, 1.165) is 11.3 Å². The van der Waals surface area contributed by atoms with Crippen LogP contribution in [0, 0.1) is 0 Å². The van der Waals surface area contributed by atoms with Crippen molar-refractivity contribution >= 4 is 50.9 Å². The number of fused-ring (bicyclic) bond motifs is 1. The SMILES string of the molecule is C=CCn1c(SCc2c(C(=O)OC)sc(N)c2C(=O)OC)nc2ccccc2c1=O. The van der Waals surface area contributed by atoms with Crippen molar-refractivity contribution in [3.05, 3.63) is 63.3 Å². The fraction of sp³-hybridized carbons (Fsp3) is 0.200. The lowest BCUT2D eigenvalue weighted by Gasteiger charge is -2.12. The lowest BCUT2D eigenvalue weighted by molar-refractivity contribution is 0.0601. The Bertz CT molecular complexity index is 1200. The Labute approximate surface area is 180 Å². The number of aromatic nitrogens is 2. The van der Waals surface area contributed by atoms with Gasteiger partial charge in [-0.1, -0.05) is 30.0 Å². The maximum Gasteiger partial charge on any atom is 0.348 e. The second-order valence-electron chi connectivity index (χ2n) is 6.04. The van der Waals surface area contributed by atoms with Crippen LogP contribution >= 0.6 is 23.1 Å². The average molecular weight is 446 g/mol. The Morgan fingerprint density at radius 3 is 2.63 bits per heavy atom. The number of carbonyl (C=O) groups is 2. The van der Waals surface area contributed by atoms with E-state index in [1.165, 1.54) is 30.5 Å². The van der Waals surface area contributed by atoms with Crippen molar-refractivity contribution in [2.75, 3.05) is 20.0 Å². The maximum absolute atomic E-state index is 12.9. The number of nitrogens with two attached hydrogens (primary N) is 1. The summed E-state index contributed by atoms with van der Waals surface area (Å²) in [5.41, 5.74) is 6.83. The Kier molecular flexibility index (Phi) is 6.58. The zero-order valence-corrected chi connectivity index (χ0v) is 18.0. The molecule has 0 fully saturated rings. The summed E-state index contributed by atoms with van der Waals surface area (Å²) in [6, 6.07) is 7.03. The van der Waals surface area contributed by atoms with E-state index in [9.17, 15) is 14.4 Å². The molecule has 3 aromatic rings. The third-order valence-corrected chi connectivity index (χ3v) is 6.32. The van der Waals surface area contributed by atoms with E-state index in [4.69, 9.17) is 15.2 Å². The number of thiophene rings is 1. The lowest BCUT2D eigenvalue weighted by atomic mass is 10.1. The Hall–Kier alpha value is -3.11. The average Bonchev–Trinajstić information content (AvgIpc) is 3.09. The highest BCUT2D eigenvalue weighted by atomic mass is 32.2. The van der Waals surface area contributed by atoms with Gasteiger partial charge in [0.1, 0.15) is 9.88 Å². The first-order valence-electron chi connectivity index (χ1n) is 8.73. The molecule has 0 unspecified atom stereocenters. The lowest BCUT2D eigenvalue weighted by Crippen LogP contribution is -2.22. The molecule has 0 bridgehead atoms. The van der Waals surface area contributed by atoms with Crippen molar-refractivity contribution in [1.82, 2.24) is 9.55 Å². The second-order valence-corrected chi connectivity index (χ2v) is 8.03. The topological polar surface area (TPSA) is 114 Å². The molecule has 3 rings (SSSR count). The van der Waals surface area contributed by atoms with Crippen molar-refractivity contribution in [3.8, 4) is 0 Å². The van der Waals surface area contributed by atoms with Crippen LogP contribution in [-0.2, 0) is 21.8 Å². The maximum atomic E-state index is 12.9. The third kappa shape index (κ3) is 3.96. The number of hydrogen-bond acceptors (Lipinski definition) is 9. The van der Waals surface area contributed by atoms with Gasteiger partial charge in [0.05, 0.1) is 30.7 Å². The van der Waals surface area contributed by atoms with Gasteiger partial charge in [0, 0.05) is 17.9 Å². The molecule has 0 radical (unpaired) electrons. The van der Waals surface area contributed by atoms with Crippen LogP contribution in [0.1, 0.15) is 25.6 Å². The molecule has 0 saturated carbocycles. The predicted octanol–water partition coefficient (Wildman–Crippen LogP) is 3.09. The molecule has 8 nitrogen and oxygen atoms in total. The standard InChI is InChI=1S/C20H19N3O5S2/c1-4-9-23-17(24)11-7-5-6-8-13(11)22-20(23)29-10-12-14(18(25)27-2)16(21)30-15(12)19(26)28-3/h4-8H,1,9-10,21H2,2-3H3. The summed E-state index contributed by atoms with van der Waals surface area (Å²) in [7, 11) is 2.49. The van der Waals surface area contributed by atoms with Gasteiger partial charge in [-0.3, -0.25) is 9.36 Å². The summed E-state index contributed by atoms with van der Waals surface area (Å²) in [6.07, 6.45) is 1.60. The molecule has 0 aliphatic heterocycles. The van der Waals surface area contributed by atoms with Gasteiger partial charge >= 0.3 is 11.9 Å². The summed E-state index contributed by atoms with van der Waals surface area (Å²) in [4.78, 5) is 42.1. The van der Waals surface area contributed by atoms with Crippen molar-refractivity contribution in [2.24, 2.45) is 0 Å². The summed E-state index contributed by atoms with van der Waals surface area (Å²) < 4.78 is 11.1. The van der Waals surface area contributed by atoms with Crippen molar-refractivity contribution < 1.29 is 19.1 Å². The third-order valence-electron chi connectivity index (χ3n) is 4.28. The molecule has 0 aliphatic carbocycles. The first kappa shape index (κ1) is 21.6. The van der Waals surface area contributed by atoms with E-state index in [0.29, 0.717) is 21.6 Å². The van der Waals surface area contributed by atoms with E-state index < -0.39 is 11.9 Å². The van der Waals surface area contributed by atoms with E-state index in [1.54, 1.807) is 30.3 Å². The number of para-hydroxylation sites is 1. The number of allylic oxidation sites excluding steroid dienone is 1. The number of nitrogen functional groups attached to an aromatic ring is 1. The van der Waals surface area contributed by atoms with Crippen molar-refractivity contribution in [3.63, 3.8) is 0 Å². The van der Waals surface area contributed by atoms with Crippen LogP contribution < -0.4 is 11.3 Å². The predicted molar refractivity (Wildman–Crippen MR) is 117 cm³/mol. The van der Waals surface area contributed by atoms with E-state index in [2.05, 4.69) is 11.6 Å². The number of rotatable bonds is 7. The van der Waals surface area contributed by atoms with Crippen LogP contribution in [0.25, 0.3) is 10.9 Å². The summed E-state index contributed by atoms with van der Waals surface area (Å²) in [5, 5.41) is 1.08. The molecule has 1 aromatic carbocycles. The number of thioether (sulfide) groups is 1. The minimum absolute atomic E-state index is 0.119. The zero-order chi connectivity index (χ0) is 21.8. The molecule has 0 atom stereocenters. The number of benzene rings is 1. The first-order chi connectivity index (χ1) is 14.4. The van der Waals surface area contributed by atoms with Gasteiger partial charge in [0.2, 0.25) is 0 Å². The number of hydrogen-bond donors (Lipinski definition) is 1. The number of carbonyl (C=O) groups excluding carboxylic acids is 2. The van der Waals surface area contributed by atoms with E-state index in [1.807, 2.05) is 0 Å². The molecule has 30 heavy (non-hydrogen) atoms. The Balaban J connectivity index is 2.09. The highest BCUT2D eigenvalue weighted by Crippen LogP contribution is 2.36. The minimum Gasteiger partial charge on any atom is -0.465 e. The van der Waals surface area contributed by atoms with Gasteiger partial charge in [0.25, 0.3) is 5.56 Å². The minimum atomic E-state index is -0.649. The largest absolute Gasteiger partial charge is 0.465 e. The van der Waals surface area contributed by atoms with E-state index in [-0.39, 0.29) is 33.3 Å². The summed E-state index contributed by atoms with van der Waals surface area (Å²) in [5.74, 6) is -1.10. The van der Waals surface area contributed by atoms with E-state index >= 15 is 0 Å². The van der Waals surface area contributed by atoms with Crippen molar-refractivity contribution in [2.45, 2.75) is 17.5 Å². The number of nitrogens with zero attached hydrogens (tertiary/aromatic N) is 2. The van der Waals surface area contributed by atoms with Crippen LogP contribution in [0.5, 0.6) is 0 Å². The molecular formula is C20H19N3O5S2. The van der Waals surface area contributed by atoms with Gasteiger partial charge in [-0.2, -0.15) is 0 Å². The molecule has 156 valence electrons. The fourth-order valence-electron chi connectivity index (χ4n) is 2.89. The molecule has 10 heteroatoms. The molecule has 2 N–H and O–H groups in total. The van der Waals surface area contributed by atoms with Gasteiger partial charge in [-0.05, 0) is 12.1 Å². The number of esters is 2. The molecule has 0 amide bonds. The molecule has 2 aromatic heterocycles. The quantitative estimate of drug-likeness (QED) is 0.255. The summed E-state index contributed by atoms with van der Waals surface area (Å²) >= 11 is 2.16. The number of anilines is 1. The molecule has 0 saturated heterocycles. The van der Waals surface area contributed by atoms with Crippen molar-refractivity contribution in [1.29, 1.82) is 0 Å². The zero-order valence-electron chi connectivity index (χ0n) is 16.3. The van der Waals surface area contributed by atoms with Crippen LogP contribution in [0.15, 0.2) is 46.9 Å². The highest BCUT2D eigenvalue weighted by Gasteiger charge is 2.27. The van der Waals surface area contributed by atoms with Crippen LogP contribution in [0.4, 0.5) is 5.00 Å². The smallest absolute Gasteiger partial charge is 0.348 e. The molecule has 2 heterocycles. The summed E-state index contributed by atoms with van der Waals surface area (Å²) in [6.45, 7) is 3.97. The fourth-order valence-corrected chi connectivity index (χ4v) is 5.01. The van der Waals surface area contributed by atoms with Gasteiger partial charge < -0.3 is 15.2 Å². The van der Waals surface area contributed by atoms with Crippen LogP contribution in [-0.4, -0.2) is 35.7 Å². The van der Waals surface area contributed by atoms with Gasteiger partial charge in [-0.25, -0.2) is 14.6 Å². The van der Waals surface area contributed by atoms with Gasteiger partial charge in [0.15, 0.2) is 5.16 Å². The second kappa shape index (κ2) is 9.14. The molecule has 0 spiro atoms. The van der Waals surface area contributed by atoms with Crippen LogP contribution in [0.2, 0.25) is 0 Å². The highest BCUT2D eigenvalue weighted by molar-refractivity contribution is 7.98. The van der Waals surface area contributed by atoms with Crippen LogP contribution in [0.3, 0.4) is 0 Å². The number of ether oxygens (including phenoxy) is 2. The normalized spacial score (nSPS) is 10.7. The molecule has 0 aliphatic rings. The molecular weight excluding hydrogens is 426 g/mol. The monoisotopic (exact) mass is 445 g/mol. The Morgan fingerprint density at radius 2 is 1.97 bits per heavy atom.